The molecular weight excluding hydrogens is 140 g/mol. The molecule has 0 spiro atoms. The lowest BCUT2D eigenvalue weighted by Crippen LogP contribution is -1.85. The molecule has 0 aromatic carbocycles. The molecule has 0 saturated heterocycles. The lowest BCUT2D eigenvalue weighted by molar-refractivity contribution is 1.04. The third-order valence-electron chi connectivity index (χ3n) is 1.20. The smallest absolute Gasteiger partial charge is 0.120 e. The van der Waals surface area contributed by atoms with Crippen molar-refractivity contribution in [2.24, 2.45) is 0 Å². The first-order valence-corrected chi connectivity index (χ1v) is 3.13. The second-order valence-corrected chi connectivity index (χ2v) is 2.02. The molecule has 0 aliphatic rings. The summed E-state index contributed by atoms with van der Waals surface area (Å²) in [6.45, 7) is 0. The van der Waals surface area contributed by atoms with Gasteiger partial charge in [-0.3, -0.25) is 0 Å². The van der Waals surface area contributed by atoms with Crippen LogP contribution in [0.15, 0.2) is 6.20 Å². The Kier molecular flexibility index (Phi) is 2.24. The number of aromatic amines is 1. The largest absolute Gasteiger partial charge is 0.344 e. The van der Waals surface area contributed by atoms with E-state index in [4.69, 9.17) is 10.5 Å². The van der Waals surface area contributed by atoms with E-state index >= 15 is 0 Å². The molecule has 11 heavy (non-hydrogen) atoms. The minimum absolute atomic E-state index is 0.269. The summed E-state index contributed by atoms with van der Waals surface area (Å²) >= 11 is 0. The molecule has 0 fully saturated rings. The quantitative estimate of drug-likeness (QED) is 0.661. The monoisotopic (exact) mass is 146 g/mol. The van der Waals surface area contributed by atoms with Crippen LogP contribution in [0.5, 0.6) is 0 Å². The van der Waals surface area contributed by atoms with Crippen LogP contribution in [0.3, 0.4) is 0 Å². The normalized spacial score (nSPS) is 8.55. The highest BCUT2D eigenvalue weighted by molar-refractivity contribution is 5.08. The molecule has 1 aromatic heterocycles. The number of imidazole rings is 1. The van der Waals surface area contributed by atoms with Gasteiger partial charge in [0.2, 0.25) is 0 Å². The van der Waals surface area contributed by atoms with Gasteiger partial charge in [0.1, 0.15) is 5.82 Å². The summed E-state index contributed by atoms with van der Waals surface area (Å²) in [6.07, 6.45) is 2.17. The molecule has 1 N–H and O–H groups in total. The van der Waals surface area contributed by atoms with Crippen LogP contribution >= 0.6 is 0 Å². The van der Waals surface area contributed by atoms with Crippen LogP contribution in [0.4, 0.5) is 0 Å². The Morgan fingerprint density at radius 1 is 1.36 bits per heavy atom. The van der Waals surface area contributed by atoms with E-state index in [1.54, 1.807) is 6.20 Å². The Bertz CT molecular complexity index is 281. The SMILES string of the molecule is N#CCc1cnc(CC#N)[nH]1. The van der Waals surface area contributed by atoms with Gasteiger partial charge in [-0.2, -0.15) is 10.5 Å². The Morgan fingerprint density at radius 2 is 2.09 bits per heavy atom. The Labute approximate surface area is 64.1 Å². The zero-order valence-electron chi connectivity index (χ0n) is 5.83. The van der Waals surface area contributed by atoms with E-state index in [9.17, 15) is 0 Å². The van der Waals surface area contributed by atoms with Crippen molar-refractivity contribution in [1.29, 1.82) is 10.5 Å². The molecule has 4 nitrogen and oxygen atoms in total. The molecule has 54 valence electrons. The topological polar surface area (TPSA) is 76.3 Å². The molecule has 0 aliphatic carbocycles. The number of nitriles is 2. The van der Waals surface area contributed by atoms with Crippen molar-refractivity contribution in [3.8, 4) is 12.1 Å². The number of hydrogen-bond donors (Lipinski definition) is 1. The number of H-pyrrole nitrogens is 1. The molecule has 0 atom stereocenters. The summed E-state index contributed by atoms with van der Waals surface area (Å²) in [4.78, 5) is 6.75. The van der Waals surface area contributed by atoms with Gasteiger partial charge in [0.05, 0.1) is 25.0 Å². The summed E-state index contributed by atoms with van der Waals surface area (Å²) in [5, 5.41) is 16.6. The molecule has 1 rings (SSSR count). The summed E-state index contributed by atoms with van der Waals surface area (Å²) < 4.78 is 0. The van der Waals surface area contributed by atoms with Gasteiger partial charge in [-0.05, 0) is 0 Å². The fourth-order valence-corrected chi connectivity index (χ4v) is 0.745. The third-order valence-corrected chi connectivity index (χ3v) is 1.20. The van der Waals surface area contributed by atoms with Crippen LogP contribution in [-0.4, -0.2) is 9.97 Å². The lowest BCUT2D eigenvalue weighted by Gasteiger charge is -1.83. The van der Waals surface area contributed by atoms with Crippen molar-refractivity contribution in [1.82, 2.24) is 9.97 Å². The fourth-order valence-electron chi connectivity index (χ4n) is 0.745. The molecule has 0 radical (unpaired) electrons. The van der Waals surface area contributed by atoms with Gasteiger partial charge in [0.15, 0.2) is 0 Å². The summed E-state index contributed by atoms with van der Waals surface area (Å²) in [7, 11) is 0. The molecule has 4 heteroatoms. The third kappa shape index (κ3) is 1.80. The maximum Gasteiger partial charge on any atom is 0.120 e. The van der Waals surface area contributed by atoms with Gasteiger partial charge >= 0.3 is 0 Å². The predicted octanol–water partition coefficient (Wildman–Crippen LogP) is 0.542. The first-order chi connectivity index (χ1) is 5.36. The van der Waals surface area contributed by atoms with Crippen LogP contribution in [0.2, 0.25) is 0 Å². The van der Waals surface area contributed by atoms with Crippen LogP contribution in [0.1, 0.15) is 11.5 Å². The maximum absolute atomic E-state index is 8.30. The van der Waals surface area contributed by atoms with E-state index in [0.29, 0.717) is 12.2 Å². The number of nitrogens with one attached hydrogen (secondary N) is 1. The summed E-state index contributed by atoms with van der Waals surface area (Å²) in [5.41, 5.74) is 0.762. The number of aromatic nitrogens is 2. The summed E-state index contributed by atoms with van der Waals surface area (Å²) in [6, 6.07) is 3.95. The van der Waals surface area contributed by atoms with Crippen molar-refractivity contribution in [2.45, 2.75) is 12.8 Å². The standard InChI is InChI=1S/C7H6N4/c8-3-1-6-5-10-7(11-6)2-4-9/h5H,1-2H2,(H,10,11). The zero-order chi connectivity index (χ0) is 8.10. The van der Waals surface area contributed by atoms with Crippen LogP contribution in [0.25, 0.3) is 0 Å². The second-order valence-electron chi connectivity index (χ2n) is 2.02. The van der Waals surface area contributed by atoms with E-state index in [-0.39, 0.29) is 6.42 Å². The molecule has 1 heterocycles. The average Bonchev–Trinajstić information content (AvgIpc) is 2.38. The highest BCUT2D eigenvalue weighted by atomic mass is 14.9. The minimum atomic E-state index is 0.269. The van der Waals surface area contributed by atoms with Crippen molar-refractivity contribution in [2.75, 3.05) is 0 Å². The fraction of sp³-hybridized carbons (Fsp3) is 0.286. The van der Waals surface area contributed by atoms with E-state index in [1.807, 2.05) is 12.1 Å². The van der Waals surface area contributed by atoms with Crippen LogP contribution in [-0.2, 0) is 12.8 Å². The van der Waals surface area contributed by atoms with Crippen LogP contribution < -0.4 is 0 Å². The van der Waals surface area contributed by atoms with E-state index in [2.05, 4.69) is 9.97 Å². The zero-order valence-corrected chi connectivity index (χ0v) is 5.83. The first kappa shape index (κ1) is 7.30. The van der Waals surface area contributed by atoms with Gasteiger partial charge in [-0.25, -0.2) is 4.98 Å². The highest BCUT2D eigenvalue weighted by Gasteiger charge is 1.97. The molecule has 0 unspecified atom stereocenters. The Balaban J connectivity index is 2.69. The number of hydrogen-bond acceptors (Lipinski definition) is 3. The van der Waals surface area contributed by atoms with Gasteiger partial charge < -0.3 is 4.98 Å². The lowest BCUT2D eigenvalue weighted by atomic mass is 10.4. The maximum atomic E-state index is 8.30. The highest BCUT2D eigenvalue weighted by Crippen LogP contribution is 1.97. The number of rotatable bonds is 2. The first-order valence-electron chi connectivity index (χ1n) is 3.13. The summed E-state index contributed by atoms with van der Waals surface area (Å²) in [5.74, 6) is 0.623. The number of nitrogens with zero attached hydrogens (tertiary/aromatic N) is 3. The van der Waals surface area contributed by atoms with Gasteiger partial charge in [0, 0.05) is 11.9 Å². The molecule has 0 bridgehead atoms. The Hall–Kier alpha value is -1.81. The van der Waals surface area contributed by atoms with Crippen molar-refractivity contribution in [3.63, 3.8) is 0 Å². The molecule has 0 saturated carbocycles. The molecule has 1 aromatic rings. The van der Waals surface area contributed by atoms with Gasteiger partial charge in [-0.15, -0.1) is 0 Å². The molecular formula is C7H6N4. The van der Waals surface area contributed by atoms with Crippen molar-refractivity contribution in [3.05, 3.63) is 17.7 Å². The van der Waals surface area contributed by atoms with Gasteiger partial charge in [-0.1, -0.05) is 0 Å². The Morgan fingerprint density at radius 3 is 2.73 bits per heavy atom. The van der Waals surface area contributed by atoms with Crippen molar-refractivity contribution < 1.29 is 0 Å². The molecule has 0 amide bonds. The minimum Gasteiger partial charge on any atom is -0.344 e. The van der Waals surface area contributed by atoms with Crippen molar-refractivity contribution >= 4 is 0 Å². The predicted molar refractivity (Wildman–Crippen MR) is 37.2 cm³/mol. The van der Waals surface area contributed by atoms with E-state index < -0.39 is 0 Å². The average molecular weight is 146 g/mol. The van der Waals surface area contributed by atoms with E-state index in [1.165, 1.54) is 0 Å². The molecule has 0 aliphatic heterocycles. The van der Waals surface area contributed by atoms with Gasteiger partial charge in [0.25, 0.3) is 0 Å². The van der Waals surface area contributed by atoms with E-state index in [0.717, 1.165) is 5.69 Å². The second kappa shape index (κ2) is 3.38. The van der Waals surface area contributed by atoms with Crippen LogP contribution in [0, 0.1) is 22.7 Å².